The third-order valence-electron chi connectivity index (χ3n) is 7.77. The van der Waals surface area contributed by atoms with Crippen molar-refractivity contribution in [3.8, 4) is 0 Å². The fourth-order valence-electron chi connectivity index (χ4n) is 5.83. The topological polar surface area (TPSA) is 84.2 Å². The summed E-state index contributed by atoms with van der Waals surface area (Å²) in [6, 6.07) is 8.77. The van der Waals surface area contributed by atoms with E-state index >= 15 is 0 Å². The Morgan fingerprint density at radius 3 is 2.48 bits per heavy atom. The zero-order valence-corrected chi connectivity index (χ0v) is 20.3. The molecule has 6 heteroatoms. The number of nitrogens with one attached hydrogen (secondary N) is 2. The normalized spacial score (nSPS) is 33.4. The molecule has 0 radical (unpaired) electrons. The van der Waals surface area contributed by atoms with Gasteiger partial charge in [0.05, 0.1) is 5.54 Å². The third-order valence-corrected chi connectivity index (χ3v) is 8.96. The standard InChI is InChI=1S/C13H24N2O.C12H15NOS/c1-8-4-9-5-10(11(8)15-3)7-13(2,6-9)12(14)16;1-10-5-2-3-6-11(10)15-13-12(9-14)7-4-8-12/h8-11,15H,4-7H2,1-3H3,(H2,14,16);2-3,5-6,9,13H,4,7-8H2,1H3. The van der Waals surface area contributed by atoms with E-state index in [1.165, 1.54) is 23.3 Å². The van der Waals surface area contributed by atoms with Gasteiger partial charge in [0.15, 0.2) is 0 Å². The molecular weight excluding hydrogens is 406 g/mol. The minimum Gasteiger partial charge on any atom is -0.369 e. The molecule has 3 fully saturated rings. The molecule has 31 heavy (non-hydrogen) atoms. The Hall–Kier alpha value is -1.37. The largest absolute Gasteiger partial charge is 0.369 e. The van der Waals surface area contributed by atoms with Crippen molar-refractivity contribution >= 4 is 24.1 Å². The lowest BCUT2D eigenvalue weighted by atomic mass is 9.57. The molecule has 4 rings (SSSR count). The maximum absolute atomic E-state index is 11.6. The number of benzene rings is 1. The van der Waals surface area contributed by atoms with E-state index < -0.39 is 0 Å². The van der Waals surface area contributed by atoms with Crippen LogP contribution in [0.5, 0.6) is 0 Å². The van der Waals surface area contributed by atoms with Crippen LogP contribution in [0.3, 0.4) is 0 Å². The molecule has 1 aromatic rings. The molecule has 3 aliphatic rings. The van der Waals surface area contributed by atoms with Crippen molar-refractivity contribution in [1.29, 1.82) is 0 Å². The van der Waals surface area contributed by atoms with Crippen LogP contribution in [-0.2, 0) is 9.59 Å². The van der Waals surface area contributed by atoms with Crippen LogP contribution >= 0.6 is 11.9 Å². The van der Waals surface area contributed by atoms with Crippen molar-refractivity contribution in [2.24, 2.45) is 28.9 Å². The number of fused-ring (bicyclic) bond motifs is 2. The SMILES string of the molecule is CNC1C(C)CC2CC1CC(C)(C(N)=O)C2.Cc1ccccc1SNC1(C=O)CCC1. The number of carbonyl (C=O) groups is 2. The van der Waals surface area contributed by atoms with Crippen molar-refractivity contribution < 1.29 is 9.59 Å². The number of carbonyl (C=O) groups excluding carboxylic acids is 2. The summed E-state index contributed by atoms with van der Waals surface area (Å²) in [4.78, 5) is 23.7. The second-order valence-corrected chi connectivity index (χ2v) is 11.2. The van der Waals surface area contributed by atoms with Gasteiger partial charge in [-0.3, -0.25) is 4.79 Å². The smallest absolute Gasteiger partial charge is 0.223 e. The fourth-order valence-corrected chi connectivity index (χ4v) is 6.78. The van der Waals surface area contributed by atoms with Gasteiger partial charge in [-0.1, -0.05) is 32.0 Å². The van der Waals surface area contributed by atoms with E-state index in [0.29, 0.717) is 17.9 Å². The first-order valence-corrected chi connectivity index (χ1v) is 12.5. The lowest BCUT2D eigenvalue weighted by molar-refractivity contribution is -0.132. The van der Waals surface area contributed by atoms with Gasteiger partial charge in [0, 0.05) is 16.4 Å². The van der Waals surface area contributed by atoms with Crippen LogP contribution in [0.2, 0.25) is 0 Å². The highest BCUT2D eigenvalue weighted by Gasteiger charge is 2.47. The highest BCUT2D eigenvalue weighted by Crippen LogP contribution is 2.50. The molecule has 1 amide bonds. The predicted octanol–water partition coefficient (Wildman–Crippen LogP) is 4.24. The predicted molar refractivity (Wildman–Crippen MR) is 128 cm³/mol. The molecule has 172 valence electrons. The highest BCUT2D eigenvalue weighted by molar-refractivity contribution is 7.97. The van der Waals surface area contributed by atoms with Crippen molar-refractivity contribution in [2.45, 2.75) is 82.2 Å². The number of hydrogen-bond donors (Lipinski definition) is 3. The van der Waals surface area contributed by atoms with Gasteiger partial charge in [0.1, 0.15) is 6.29 Å². The van der Waals surface area contributed by atoms with Crippen LogP contribution < -0.4 is 15.8 Å². The Balaban J connectivity index is 0.000000176. The Morgan fingerprint density at radius 1 is 1.23 bits per heavy atom. The van der Waals surface area contributed by atoms with Gasteiger partial charge in [-0.05, 0) is 100 Å². The lowest BCUT2D eigenvalue weighted by Crippen LogP contribution is -2.52. The van der Waals surface area contributed by atoms with Crippen LogP contribution in [0, 0.1) is 30.1 Å². The van der Waals surface area contributed by atoms with E-state index in [9.17, 15) is 9.59 Å². The molecule has 0 heterocycles. The Kier molecular flexibility index (Phi) is 7.87. The number of aryl methyl sites for hydroxylation is 1. The number of amides is 1. The second-order valence-electron chi connectivity index (χ2n) is 10.3. The Morgan fingerprint density at radius 2 is 1.94 bits per heavy atom. The molecule has 0 aromatic heterocycles. The van der Waals surface area contributed by atoms with Crippen molar-refractivity contribution in [3.63, 3.8) is 0 Å². The summed E-state index contributed by atoms with van der Waals surface area (Å²) < 4.78 is 3.29. The summed E-state index contributed by atoms with van der Waals surface area (Å²) >= 11 is 1.57. The number of primary amides is 1. The van der Waals surface area contributed by atoms with E-state index in [0.717, 1.165) is 44.3 Å². The number of rotatable bonds is 6. The van der Waals surface area contributed by atoms with Gasteiger partial charge in [0.2, 0.25) is 5.91 Å². The third kappa shape index (κ3) is 5.52. The van der Waals surface area contributed by atoms with Crippen molar-refractivity contribution in [3.05, 3.63) is 29.8 Å². The van der Waals surface area contributed by atoms with Gasteiger partial charge >= 0.3 is 0 Å². The second kappa shape index (κ2) is 10.1. The average Bonchev–Trinajstić information content (AvgIpc) is 2.69. The molecule has 0 spiro atoms. The van der Waals surface area contributed by atoms with Crippen LogP contribution in [0.1, 0.15) is 64.4 Å². The van der Waals surface area contributed by atoms with Crippen molar-refractivity contribution in [1.82, 2.24) is 10.0 Å². The molecule has 4 N–H and O–H groups in total. The zero-order chi connectivity index (χ0) is 22.6. The molecule has 5 nitrogen and oxygen atoms in total. The van der Waals surface area contributed by atoms with E-state index in [1.807, 2.05) is 19.2 Å². The van der Waals surface area contributed by atoms with E-state index in [4.69, 9.17) is 5.73 Å². The fraction of sp³-hybridized carbons (Fsp3) is 0.680. The minimum atomic E-state index is -0.261. The molecule has 1 aromatic carbocycles. The van der Waals surface area contributed by atoms with Crippen LogP contribution in [0.4, 0.5) is 0 Å². The molecular formula is C25H39N3O2S. The summed E-state index contributed by atoms with van der Waals surface area (Å²) in [6.45, 7) is 6.46. The number of nitrogens with two attached hydrogens (primary N) is 1. The lowest BCUT2D eigenvalue weighted by Gasteiger charge is -2.49. The summed E-state index contributed by atoms with van der Waals surface area (Å²) in [7, 11) is 2.04. The van der Waals surface area contributed by atoms with Gasteiger partial charge in [-0.15, -0.1) is 0 Å². The number of hydrogen-bond acceptors (Lipinski definition) is 5. The quantitative estimate of drug-likeness (QED) is 0.451. The van der Waals surface area contributed by atoms with Crippen LogP contribution in [0.15, 0.2) is 29.2 Å². The summed E-state index contributed by atoms with van der Waals surface area (Å²) in [5, 5.41) is 3.43. The van der Waals surface area contributed by atoms with Crippen molar-refractivity contribution in [2.75, 3.05) is 7.05 Å². The van der Waals surface area contributed by atoms with Crippen LogP contribution in [0.25, 0.3) is 0 Å². The van der Waals surface area contributed by atoms with Gasteiger partial charge in [-0.25, -0.2) is 4.72 Å². The van der Waals surface area contributed by atoms with Gasteiger partial charge < -0.3 is 15.8 Å². The van der Waals surface area contributed by atoms with Crippen LogP contribution in [-0.4, -0.2) is 30.8 Å². The molecule has 3 aliphatic carbocycles. The molecule has 5 unspecified atom stereocenters. The molecule has 2 bridgehead atoms. The average molecular weight is 446 g/mol. The molecule has 5 atom stereocenters. The Labute approximate surface area is 191 Å². The van der Waals surface area contributed by atoms with E-state index in [2.05, 4.69) is 42.9 Å². The monoisotopic (exact) mass is 445 g/mol. The first-order valence-electron chi connectivity index (χ1n) is 11.6. The summed E-state index contributed by atoms with van der Waals surface area (Å²) in [5.74, 6) is 1.96. The van der Waals surface area contributed by atoms with Gasteiger partial charge in [0.25, 0.3) is 0 Å². The van der Waals surface area contributed by atoms with E-state index in [1.54, 1.807) is 11.9 Å². The maximum atomic E-state index is 11.6. The van der Waals surface area contributed by atoms with E-state index in [-0.39, 0.29) is 16.9 Å². The maximum Gasteiger partial charge on any atom is 0.223 e. The first kappa shape index (κ1) is 24.3. The molecule has 0 aliphatic heterocycles. The number of aldehydes is 1. The summed E-state index contributed by atoms with van der Waals surface area (Å²) in [5.41, 5.74) is 6.29. The molecule has 0 saturated heterocycles. The Bertz CT molecular complexity index is 780. The summed E-state index contributed by atoms with van der Waals surface area (Å²) in [6.07, 6.45) is 8.63. The zero-order valence-electron chi connectivity index (χ0n) is 19.4. The minimum absolute atomic E-state index is 0.105. The molecule has 3 saturated carbocycles. The first-order chi connectivity index (χ1) is 14.7. The highest BCUT2D eigenvalue weighted by atomic mass is 32.2. The van der Waals surface area contributed by atoms with Gasteiger partial charge in [-0.2, -0.15) is 0 Å².